The van der Waals surface area contributed by atoms with Gasteiger partial charge in [0.15, 0.2) is 0 Å². The van der Waals surface area contributed by atoms with Gasteiger partial charge in [-0.05, 0) is 51.8 Å². The Hall–Kier alpha value is -1.46. The molecule has 2 aromatic rings. The maximum atomic E-state index is 12.9. The van der Waals surface area contributed by atoms with Crippen molar-refractivity contribution in [2.24, 2.45) is 5.73 Å². The van der Waals surface area contributed by atoms with E-state index in [1.54, 1.807) is 12.1 Å². The van der Waals surface area contributed by atoms with Crippen LogP contribution in [0.5, 0.6) is 0 Å². The molecule has 0 atom stereocenters. The van der Waals surface area contributed by atoms with E-state index in [1.807, 2.05) is 25.2 Å². The van der Waals surface area contributed by atoms with Gasteiger partial charge in [0.25, 0.3) is 0 Å². The minimum absolute atomic E-state index is 0.222. The van der Waals surface area contributed by atoms with E-state index in [1.165, 1.54) is 12.1 Å². The number of benzene rings is 2. The number of nitrogens with zero attached hydrogens (tertiary/aromatic N) is 1. The van der Waals surface area contributed by atoms with E-state index in [0.717, 1.165) is 21.3 Å². The van der Waals surface area contributed by atoms with E-state index in [-0.39, 0.29) is 5.82 Å². The minimum Gasteiger partial charge on any atom is -0.389 e. The molecule has 104 valence electrons. The summed E-state index contributed by atoms with van der Waals surface area (Å²) in [6.07, 6.45) is 0. The van der Waals surface area contributed by atoms with E-state index < -0.39 is 0 Å². The summed E-state index contributed by atoms with van der Waals surface area (Å²) in [5, 5.41) is 0. The number of hydrogen-bond acceptors (Lipinski definition) is 2. The van der Waals surface area contributed by atoms with Crippen LogP contribution in [0.4, 0.5) is 10.1 Å². The average molecular weight is 353 g/mol. The molecule has 0 aromatic heterocycles. The van der Waals surface area contributed by atoms with Crippen LogP contribution in [0.3, 0.4) is 0 Å². The van der Waals surface area contributed by atoms with Crippen molar-refractivity contribution >= 4 is 38.8 Å². The molecule has 0 aliphatic carbocycles. The first-order valence-electron chi connectivity index (χ1n) is 6.02. The standard InChI is InChI=1S/C15H14BrFN2S/c1-19(9-10-2-4-11(17)5-3-10)12-6-7-13(15(18)20)14(16)8-12/h2-8H,9H2,1H3,(H2,18,20). The van der Waals surface area contributed by atoms with Crippen LogP contribution in [-0.4, -0.2) is 12.0 Å². The summed E-state index contributed by atoms with van der Waals surface area (Å²) in [6.45, 7) is 0.694. The molecule has 0 unspecified atom stereocenters. The molecule has 0 amide bonds. The van der Waals surface area contributed by atoms with Gasteiger partial charge in [0.2, 0.25) is 0 Å². The lowest BCUT2D eigenvalue weighted by atomic mass is 10.1. The fraction of sp³-hybridized carbons (Fsp3) is 0.133. The van der Waals surface area contributed by atoms with Crippen LogP contribution in [0.2, 0.25) is 0 Å². The van der Waals surface area contributed by atoms with Crippen molar-refractivity contribution in [3.05, 3.63) is 63.9 Å². The van der Waals surface area contributed by atoms with Gasteiger partial charge >= 0.3 is 0 Å². The molecule has 5 heteroatoms. The van der Waals surface area contributed by atoms with Gasteiger partial charge in [-0.15, -0.1) is 0 Å². The van der Waals surface area contributed by atoms with E-state index in [4.69, 9.17) is 18.0 Å². The Morgan fingerprint density at radius 3 is 2.45 bits per heavy atom. The second-order valence-electron chi connectivity index (χ2n) is 4.51. The highest BCUT2D eigenvalue weighted by Crippen LogP contribution is 2.24. The van der Waals surface area contributed by atoms with Crippen molar-refractivity contribution in [2.45, 2.75) is 6.54 Å². The normalized spacial score (nSPS) is 10.3. The first-order valence-corrected chi connectivity index (χ1v) is 7.22. The van der Waals surface area contributed by atoms with Gasteiger partial charge in [0, 0.05) is 29.3 Å². The molecule has 0 spiro atoms. The quantitative estimate of drug-likeness (QED) is 0.847. The molecule has 0 aliphatic rings. The van der Waals surface area contributed by atoms with Crippen molar-refractivity contribution in [2.75, 3.05) is 11.9 Å². The maximum absolute atomic E-state index is 12.9. The average Bonchev–Trinajstić information content (AvgIpc) is 2.40. The first-order chi connectivity index (χ1) is 9.47. The van der Waals surface area contributed by atoms with Crippen molar-refractivity contribution in [3.63, 3.8) is 0 Å². The van der Waals surface area contributed by atoms with Gasteiger partial charge in [0.05, 0.1) is 0 Å². The molecule has 2 N–H and O–H groups in total. The molecule has 2 aromatic carbocycles. The maximum Gasteiger partial charge on any atom is 0.123 e. The minimum atomic E-state index is -0.222. The van der Waals surface area contributed by atoms with E-state index in [2.05, 4.69) is 20.8 Å². The molecule has 2 rings (SSSR count). The summed E-state index contributed by atoms with van der Waals surface area (Å²) in [7, 11) is 1.98. The molecule has 20 heavy (non-hydrogen) atoms. The first kappa shape index (κ1) is 14.9. The molecule has 0 radical (unpaired) electrons. The monoisotopic (exact) mass is 352 g/mol. The molecule has 0 aliphatic heterocycles. The summed E-state index contributed by atoms with van der Waals surface area (Å²) < 4.78 is 13.7. The van der Waals surface area contributed by atoms with Crippen LogP contribution in [-0.2, 0) is 6.54 Å². The van der Waals surface area contributed by atoms with Crippen molar-refractivity contribution in [1.29, 1.82) is 0 Å². The molecule has 0 fully saturated rings. The third kappa shape index (κ3) is 3.55. The van der Waals surface area contributed by atoms with Gasteiger partial charge in [-0.25, -0.2) is 4.39 Å². The molecule has 0 heterocycles. The largest absolute Gasteiger partial charge is 0.389 e. The number of rotatable bonds is 4. The summed E-state index contributed by atoms with van der Waals surface area (Å²) >= 11 is 8.44. The van der Waals surface area contributed by atoms with Crippen LogP contribution in [0.25, 0.3) is 0 Å². The fourth-order valence-electron chi connectivity index (χ4n) is 1.90. The Labute approximate surface area is 131 Å². The zero-order chi connectivity index (χ0) is 14.7. The molecule has 2 nitrogen and oxygen atoms in total. The zero-order valence-electron chi connectivity index (χ0n) is 10.9. The predicted octanol–water partition coefficient (Wildman–Crippen LogP) is 3.86. The molecular formula is C15H14BrFN2S. The third-order valence-corrected chi connectivity index (χ3v) is 3.87. The predicted molar refractivity (Wildman–Crippen MR) is 88.5 cm³/mol. The van der Waals surface area contributed by atoms with Crippen LogP contribution in [0, 0.1) is 5.82 Å². The number of anilines is 1. The topological polar surface area (TPSA) is 29.3 Å². The molecule has 0 saturated heterocycles. The third-order valence-electron chi connectivity index (χ3n) is 2.99. The summed E-state index contributed by atoms with van der Waals surface area (Å²) in [4.78, 5) is 2.44. The van der Waals surface area contributed by atoms with Crippen LogP contribution in [0.1, 0.15) is 11.1 Å². The van der Waals surface area contributed by atoms with Gasteiger partial charge in [-0.1, -0.05) is 24.4 Å². The van der Waals surface area contributed by atoms with E-state index in [9.17, 15) is 4.39 Å². The highest BCUT2D eigenvalue weighted by Gasteiger charge is 2.07. The lowest BCUT2D eigenvalue weighted by Crippen LogP contribution is -2.17. The fourth-order valence-corrected chi connectivity index (χ4v) is 2.79. The number of halogens is 2. The highest BCUT2D eigenvalue weighted by atomic mass is 79.9. The Morgan fingerprint density at radius 2 is 1.90 bits per heavy atom. The van der Waals surface area contributed by atoms with Crippen LogP contribution in [0.15, 0.2) is 46.9 Å². The van der Waals surface area contributed by atoms with Crippen LogP contribution >= 0.6 is 28.1 Å². The SMILES string of the molecule is CN(Cc1ccc(F)cc1)c1ccc(C(N)=S)c(Br)c1. The van der Waals surface area contributed by atoms with Crippen LogP contribution < -0.4 is 10.6 Å². The van der Waals surface area contributed by atoms with Gasteiger partial charge in [-0.3, -0.25) is 0 Å². The summed E-state index contributed by atoms with van der Waals surface area (Å²) in [6, 6.07) is 12.3. The van der Waals surface area contributed by atoms with Gasteiger partial charge in [0.1, 0.15) is 10.8 Å². The van der Waals surface area contributed by atoms with Gasteiger partial charge in [-0.2, -0.15) is 0 Å². The zero-order valence-corrected chi connectivity index (χ0v) is 13.3. The number of nitrogens with two attached hydrogens (primary N) is 1. The Bertz CT molecular complexity index is 628. The van der Waals surface area contributed by atoms with E-state index >= 15 is 0 Å². The van der Waals surface area contributed by atoms with Crippen molar-refractivity contribution in [1.82, 2.24) is 0 Å². The second kappa shape index (κ2) is 6.33. The van der Waals surface area contributed by atoms with E-state index in [0.29, 0.717) is 11.5 Å². The lowest BCUT2D eigenvalue weighted by molar-refractivity contribution is 0.627. The molecule has 0 saturated carbocycles. The number of thiocarbonyl (C=S) groups is 1. The Kier molecular flexibility index (Phi) is 4.73. The Balaban J connectivity index is 2.17. The summed E-state index contributed by atoms with van der Waals surface area (Å²) in [5.41, 5.74) is 8.52. The Morgan fingerprint density at radius 1 is 1.25 bits per heavy atom. The summed E-state index contributed by atoms with van der Waals surface area (Å²) in [5.74, 6) is -0.222. The van der Waals surface area contributed by atoms with Crippen molar-refractivity contribution < 1.29 is 4.39 Å². The van der Waals surface area contributed by atoms with Gasteiger partial charge < -0.3 is 10.6 Å². The molecule has 0 bridgehead atoms. The highest BCUT2D eigenvalue weighted by molar-refractivity contribution is 9.10. The smallest absolute Gasteiger partial charge is 0.123 e. The number of hydrogen-bond donors (Lipinski definition) is 1. The van der Waals surface area contributed by atoms with Crippen molar-refractivity contribution in [3.8, 4) is 0 Å². The lowest BCUT2D eigenvalue weighted by Gasteiger charge is -2.20. The molecular weight excluding hydrogens is 339 g/mol. The second-order valence-corrected chi connectivity index (χ2v) is 5.81.